The second kappa shape index (κ2) is 10.1. The average Bonchev–Trinajstić information content (AvgIpc) is 3.58. The number of nitrogens with zero attached hydrogens (tertiary/aromatic N) is 4. The Bertz CT molecular complexity index is 1940. The van der Waals surface area contributed by atoms with Gasteiger partial charge in [-0.3, -0.25) is 9.97 Å². The predicted molar refractivity (Wildman–Crippen MR) is 191 cm³/mol. The van der Waals surface area contributed by atoms with Gasteiger partial charge >= 0.3 is 0 Å². The van der Waals surface area contributed by atoms with Gasteiger partial charge in [0.1, 0.15) is 0 Å². The van der Waals surface area contributed by atoms with Gasteiger partial charge in [0.05, 0.1) is 22.2 Å². The Labute approximate surface area is 286 Å². The van der Waals surface area contributed by atoms with E-state index in [1.54, 1.807) is 11.8 Å². The number of pyridine rings is 2. The van der Waals surface area contributed by atoms with E-state index in [1.165, 1.54) is 48.7 Å². The van der Waals surface area contributed by atoms with Crippen LogP contribution in [0, 0.1) is 45.8 Å². The lowest BCUT2D eigenvalue weighted by Gasteiger charge is -2.71. The summed E-state index contributed by atoms with van der Waals surface area (Å²) < 4.78 is 6.68. The van der Waals surface area contributed by atoms with Gasteiger partial charge in [-0.05, 0) is 127 Å². The molecular formula is C43H52N4O. The summed E-state index contributed by atoms with van der Waals surface area (Å²) in [6, 6.07) is 15.2. The highest BCUT2D eigenvalue weighted by Gasteiger charge is 2.69. The molecule has 0 spiro atoms. The third-order valence-corrected chi connectivity index (χ3v) is 15.9. The summed E-state index contributed by atoms with van der Waals surface area (Å²) in [5.74, 6) is 4.36. The van der Waals surface area contributed by atoms with Crippen molar-refractivity contribution in [2.45, 2.75) is 111 Å². The molecule has 5 nitrogen and oxygen atoms in total. The molecular weight excluding hydrogens is 589 g/mol. The van der Waals surface area contributed by atoms with Gasteiger partial charge in [-0.2, -0.15) is 0 Å². The topological polar surface area (TPSA) is 64.7 Å². The number of aromatic nitrogens is 4. The minimum absolute atomic E-state index is 0.0392. The third kappa shape index (κ3) is 3.85. The summed E-state index contributed by atoms with van der Waals surface area (Å²) >= 11 is 0. The molecule has 1 aromatic carbocycles. The van der Waals surface area contributed by atoms with Crippen molar-refractivity contribution in [1.82, 2.24) is 20.2 Å². The van der Waals surface area contributed by atoms with Crippen LogP contribution in [0.25, 0.3) is 22.4 Å². The summed E-state index contributed by atoms with van der Waals surface area (Å²) in [5, 5.41) is 10.8. The first kappa shape index (κ1) is 30.7. The van der Waals surface area contributed by atoms with E-state index in [9.17, 15) is 0 Å². The molecule has 5 aliphatic carbocycles. The number of hydrogen-bond acceptors (Lipinski definition) is 5. The quantitative estimate of drug-likeness (QED) is 0.204. The lowest BCUT2D eigenvalue weighted by atomic mass is 9.33. The number of allylic oxidation sites excluding steroid dienone is 2. The van der Waals surface area contributed by atoms with Crippen LogP contribution in [0.5, 0.6) is 0 Å². The predicted octanol–water partition coefficient (Wildman–Crippen LogP) is 10.3. The monoisotopic (exact) mass is 640 g/mol. The lowest BCUT2D eigenvalue weighted by Crippen LogP contribution is -2.65. The molecule has 3 heterocycles. The zero-order valence-electron chi connectivity index (χ0n) is 30.0. The van der Waals surface area contributed by atoms with E-state index in [0.717, 1.165) is 36.2 Å². The Hall–Kier alpha value is -3.34. The first-order valence-electron chi connectivity index (χ1n) is 18.8. The smallest absolute Gasteiger partial charge is 0.249 e. The Kier molecular flexibility index (Phi) is 6.46. The van der Waals surface area contributed by atoms with Gasteiger partial charge in [0, 0.05) is 23.2 Å². The van der Waals surface area contributed by atoms with Crippen LogP contribution in [0.3, 0.4) is 0 Å². The summed E-state index contributed by atoms with van der Waals surface area (Å²) in [4.78, 5) is 9.70. The average molecular weight is 641 g/mol. The molecule has 5 aliphatic rings. The van der Waals surface area contributed by atoms with Crippen molar-refractivity contribution in [2.24, 2.45) is 45.8 Å². The second-order valence-electron chi connectivity index (χ2n) is 18.0. The lowest BCUT2D eigenvalue weighted by molar-refractivity contribution is -0.157. The van der Waals surface area contributed by atoms with Crippen LogP contribution in [0.2, 0.25) is 0 Å². The second-order valence-corrected chi connectivity index (χ2v) is 18.0. The fourth-order valence-electron chi connectivity index (χ4n) is 13.1. The third-order valence-electron chi connectivity index (χ3n) is 15.9. The summed E-state index contributed by atoms with van der Waals surface area (Å²) in [6.45, 7) is 18.1. The fourth-order valence-corrected chi connectivity index (χ4v) is 13.1. The Morgan fingerprint density at radius 2 is 1.69 bits per heavy atom. The Morgan fingerprint density at radius 1 is 0.854 bits per heavy atom. The first-order valence-corrected chi connectivity index (χ1v) is 18.8. The van der Waals surface area contributed by atoms with Crippen LogP contribution < -0.4 is 0 Å². The molecule has 0 unspecified atom stereocenters. The van der Waals surface area contributed by atoms with Crippen molar-refractivity contribution in [3.63, 3.8) is 0 Å². The minimum atomic E-state index is -0.104. The van der Waals surface area contributed by atoms with Crippen molar-refractivity contribution >= 4 is 10.9 Å². The van der Waals surface area contributed by atoms with Crippen molar-refractivity contribution in [3.05, 3.63) is 83.7 Å². The molecule has 4 aromatic rings. The van der Waals surface area contributed by atoms with Gasteiger partial charge in [-0.25, -0.2) is 0 Å². The van der Waals surface area contributed by atoms with E-state index in [-0.39, 0.29) is 27.1 Å². The van der Waals surface area contributed by atoms with Crippen LogP contribution in [0.15, 0.2) is 70.9 Å². The normalized spacial score (nSPS) is 39.7. The van der Waals surface area contributed by atoms with Gasteiger partial charge in [0.25, 0.3) is 0 Å². The maximum Gasteiger partial charge on any atom is 0.249 e. The highest BCUT2D eigenvalue weighted by molar-refractivity contribution is 5.80. The maximum atomic E-state index is 6.68. The number of para-hydroxylation sites is 1. The number of hydrogen-bond donors (Lipinski definition) is 0. The van der Waals surface area contributed by atoms with Crippen molar-refractivity contribution in [1.29, 1.82) is 0 Å². The molecule has 48 heavy (non-hydrogen) atoms. The van der Waals surface area contributed by atoms with E-state index in [1.807, 2.05) is 18.3 Å². The van der Waals surface area contributed by atoms with E-state index in [4.69, 9.17) is 14.5 Å². The standard InChI is InChI=1S/C43H52N4O/c1-26-16-19-43(38-47-46-37(48-38)29-12-10-22-44-25-29)21-20-41(6)31(35(43)27(26)2)14-15-34-40(5)24-30-23-28-11-8-9-13-32(28)45-36(30)39(3,4)33(40)17-18-42(34,41)7/h8-14,22-23,25-27,33-35H,15-21,24H2,1-7H3/t26-,27+,33+,34-,35+,40+,41-,42-,43+/m1/s1. The van der Waals surface area contributed by atoms with Crippen molar-refractivity contribution in [3.8, 4) is 11.5 Å². The molecule has 3 saturated carbocycles. The number of rotatable bonds is 2. The van der Waals surface area contributed by atoms with Gasteiger partial charge in [0.15, 0.2) is 0 Å². The highest BCUT2D eigenvalue weighted by Crippen LogP contribution is 2.75. The van der Waals surface area contributed by atoms with Crippen LogP contribution in [0.1, 0.15) is 111 Å². The highest BCUT2D eigenvalue weighted by atomic mass is 16.4. The van der Waals surface area contributed by atoms with Crippen LogP contribution >= 0.6 is 0 Å². The molecule has 0 N–H and O–H groups in total. The van der Waals surface area contributed by atoms with Crippen LogP contribution in [-0.2, 0) is 17.3 Å². The van der Waals surface area contributed by atoms with Gasteiger partial charge in [-0.1, -0.05) is 78.3 Å². The van der Waals surface area contributed by atoms with Crippen molar-refractivity contribution in [2.75, 3.05) is 0 Å². The van der Waals surface area contributed by atoms with E-state index < -0.39 is 0 Å². The van der Waals surface area contributed by atoms with E-state index >= 15 is 0 Å². The zero-order valence-corrected chi connectivity index (χ0v) is 30.0. The summed E-state index contributed by atoms with van der Waals surface area (Å²) in [6.07, 6.45) is 15.9. The Balaban J connectivity index is 1.14. The molecule has 9 atom stereocenters. The molecule has 0 bridgehead atoms. The van der Waals surface area contributed by atoms with Crippen molar-refractivity contribution < 1.29 is 4.42 Å². The molecule has 0 radical (unpaired) electrons. The van der Waals surface area contributed by atoms with Gasteiger partial charge in [0.2, 0.25) is 11.8 Å². The molecule has 3 fully saturated rings. The fraction of sp³-hybridized carbons (Fsp3) is 0.581. The summed E-state index contributed by atoms with van der Waals surface area (Å²) in [7, 11) is 0. The molecule has 5 heteroatoms. The van der Waals surface area contributed by atoms with E-state index in [2.05, 4.69) is 95.0 Å². The first-order chi connectivity index (χ1) is 22.9. The molecule has 9 rings (SSSR count). The van der Waals surface area contributed by atoms with Crippen LogP contribution in [-0.4, -0.2) is 20.2 Å². The van der Waals surface area contributed by atoms with Gasteiger partial charge < -0.3 is 4.42 Å². The molecule has 0 aliphatic heterocycles. The van der Waals surface area contributed by atoms with Crippen LogP contribution in [0.4, 0.5) is 0 Å². The Morgan fingerprint density at radius 3 is 2.50 bits per heavy atom. The molecule has 250 valence electrons. The number of benzene rings is 1. The molecule has 0 amide bonds. The largest absolute Gasteiger partial charge is 0.420 e. The SMILES string of the molecule is C[C@H]1[C@H](C)CC[C@]2(c3nnc(-c4cccnc4)o3)CC[C@]3(C)C(=CC[C@@H]4[C@@]5(C)Cc6cc7ccccc7nc6C(C)(C)[C@@H]5CC[C@]43C)[C@H]12. The summed E-state index contributed by atoms with van der Waals surface area (Å²) in [5.41, 5.74) is 7.11. The zero-order chi connectivity index (χ0) is 33.3. The minimum Gasteiger partial charge on any atom is -0.420 e. The number of fused-ring (bicyclic) bond motifs is 9. The molecule has 0 saturated heterocycles. The van der Waals surface area contributed by atoms with Gasteiger partial charge in [-0.15, -0.1) is 10.2 Å². The molecule has 3 aromatic heterocycles. The maximum absolute atomic E-state index is 6.68. The van der Waals surface area contributed by atoms with E-state index in [0.29, 0.717) is 35.5 Å².